The largest absolute Gasteiger partial charge is 0.508 e. The quantitative estimate of drug-likeness (QED) is 0.677. The van der Waals surface area contributed by atoms with E-state index in [0.29, 0.717) is 5.69 Å². The van der Waals surface area contributed by atoms with Crippen molar-refractivity contribution in [3.8, 4) is 5.75 Å². The molecule has 0 saturated heterocycles. The SMILES string of the molecule is C=CC(=O)Nc1ccc(C)c(O)c1. The summed E-state index contributed by atoms with van der Waals surface area (Å²) >= 11 is 0. The van der Waals surface area contributed by atoms with Gasteiger partial charge in [0.2, 0.25) is 5.91 Å². The summed E-state index contributed by atoms with van der Waals surface area (Å²) in [6.45, 7) is 5.11. The average molecular weight is 177 g/mol. The number of nitrogens with one attached hydrogen (secondary N) is 1. The average Bonchev–Trinajstić information content (AvgIpc) is 2.11. The first-order valence-corrected chi connectivity index (χ1v) is 3.86. The van der Waals surface area contributed by atoms with Crippen molar-refractivity contribution in [2.75, 3.05) is 5.32 Å². The molecule has 1 rings (SSSR count). The third-order valence-electron chi connectivity index (χ3n) is 1.66. The number of amides is 1. The maximum absolute atomic E-state index is 10.9. The molecule has 0 atom stereocenters. The second-order valence-corrected chi connectivity index (χ2v) is 2.69. The third-order valence-corrected chi connectivity index (χ3v) is 1.66. The van der Waals surface area contributed by atoms with Gasteiger partial charge < -0.3 is 10.4 Å². The van der Waals surface area contributed by atoms with Gasteiger partial charge in [-0.05, 0) is 24.6 Å². The molecule has 1 amide bonds. The third kappa shape index (κ3) is 2.33. The summed E-state index contributed by atoms with van der Waals surface area (Å²) in [4.78, 5) is 10.9. The zero-order valence-electron chi connectivity index (χ0n) is 7.37. The molecular weight excluding hydrogens is 166 g/mol. The van der Waals surface area contributed by atoms with Crippen LogP contribution in [0.15, 0.2) is 30.9 Å². The van der Waals surface area contributed by atoms with Gasteiger partial charge in [-0.3, -0.25) is 4.79 Å². The van der Waals surface area contributed by atoms with Crippen LogP contribution in [0.5, 0.6) is 5.75 Å². The molecular formula is C10H11NO2. The molecule has 0 bridgehead atoms. The van der Waals surface area contributed by atoms with Crippen molar-refractivity contribution in [3.63, 3.8) is 0 Å². The summed E-state index contributed by atoms with van der Waals surface area (Å²) in [6.07, 6.45) is 1.18. The highest BCUT2D eigenvalue weighted by Gasteiger charge is 1.99. The van der Waals surface area contributed by atoms with Gasteiger partial charge in [-0.25, -0.2) is 0 Å². The Morgan fingerprint density at radius 3 is 2.85 bits per heavy atom. The number of phenolic OH excluding ortho intramolecular Hbond substituents is 1. The first kappa shape index (κ1) is 9.32. The molecule has 0 unspecified atom stereocenters. The number of anilines is 1. The maximum Gasteiger partial charge on any atom is 0.247 e. The van der Waals surface area contributed by atoms with Gasteiger partial charge in [0.05, 0.1) is 0 Å². The van der Waals surface area contributed by atoms with E-state index < -0.39 is 0 Å². The van der Waals surface area contributed by atoms with E-state index in [1.54, 1.807) is 19.1 Å². The lowest BCUT2D eigenvalue weighted by molar-refractivity contribution is -0.111. The van der Waals surface area contributed by atoms with Gasteiger partial charge in [0, 0.05) is 11.8 Å². The fraction of sp³-hybridized carbons (Fsp3) is 0.100. The van der Waals surface area contributed by atoms with Crippen LogP contribution >= 0.6 is 0 Å². The molecule has 0 aliphatic rings. The van der Waals surface area contributed by atoms with Crippen molar-refractivity contribution in [3.05, 3.63) is 36.4 Å². The Labute approximate surface area is 76.7 Å². The minimum atomic E-state index is -0.289. The summed E-state index contributed by atoms with van der Waals surface area (Å²) < 4.78 is 0. The van der Waals surface area contributed by atoms with E-state index in [4.69, 9.17) is 0 Å². The fourth-order valence-corrected chi connectivity index (χ4v) is 0.880. The Morgan fingerprint density at radius 2 is 2.31 bits per heavy atom. The minimum absolute atomic E-state index is 0.168. The van der Waals surface area contributed by atoms with Crippen molar-refractivity contribution in [2.24, 2.45) is 0 Å². The molecule has 3 nitrogen and oxygen atoms in total. The Kier molecular flexibility index (Phi) is 2.69. The Balaban J connectivity index is 2.85. The molecule has 0 radical (unpaired) electrons. The smallest absolute Gasteiger partial charge is 0.247 e. The number of aromatic hydroxyl groups is 1. The van der Waals surface area contributed by atoms with E-state index in [9.17, 15) is 9.90 Å². The van der Waals surface area contributed by atoms with Gasteiger partial charge >= 0.3 is 0 Å². The molecule has 1 aromatic carbocycles. The van der Waals surface area contributed by atoms with Crippen molar-refractivity contribution < 1.29 is 9.90 Å². The molecule has 1 aromatic rings. The molecule has 13 heavy (non-hydrogen) atoms. The predicted molar refractivity (Wildman–Crippen MR) is 51.7 cm³/mol. The second kappa shape index (κ2) is 3.76. The van der Waals surface area contributed by atoms with Crippen molar-refractivity contribution in [2.45, 2.75) is 6.92 Å². The molecule has 68 valence electrons. The van der Waals surface area contributed by atoms with E-state index in [0.717, 1.165) is 5.56 Å². The Hall–Kier alpha value is -1.77. The normalized spacial score (nSPS) is 9.31. The molecule has 0 spiro atoms. The Bertz CT molecular complexity index is 345. The highest BCUT2D eigenvalue weighted by atomic mass is 16.3. The van der Waals surface area contributed by atoms with Gasteiger partial charge in [-0.1, -0.05) is 12.6 Å². The van der Waals surface area contributed by atoms with E-state index in [-0.39, 0.29) is 11.7 Å². The molecule has 0 saturated carbocycles. The summed E-state index contributed by atoms with van der Waals surface area (Å²) in [6, 6.07) is 4.95. The molecule has 0 heterocycles. The number of rotatable bonds is 2. The summed E-state index contributed by atoms with van der Waals surface area (Å²) in [5, 5.41) is 11.9. The van der Waals surface area contributed by atoms with Gasteiger partial charge in [0.15, 0.2) is 0 Å². The molecule has 0 aliphatic heterocycles. The van der Waals surface area contributed by atoms with Gasteiger partial charge in [0.25, 0.3) is 0 Å². The fourth-order valence-electron chi connectivity index (χ4n) is 0.880. The molecule has 0 fully saturated rings. The van der Waals surface area contributed by atoms with Crippen LogP contribution < -0.4 is 5.32 Å². The lowest BCUT2D eigenvalue weighted by Crippen LogP contribution is -2.06. The summed E-state index contributed by atoms with van der Waals surface area (Å²) in [7, 11) is 0. The van der Waals surface area contributed by atoms with Crippen LogP contribution in [-0.2, 0) is 4.79 Å². The van der Waals surface area contributed by atoms with Crippen molar-refractivity contribution >= 4 is 11.6 Å². The number of hydrogen-bond donors (Lipinski definition) is 2. The topological polar surface area (TPSA) is 49.3 Å². The number of benzene rings is 1. The zero-order valence-corrected chi connectivity index (χ0v) is 7.37. The first-order chi connectivity index (χ1) is 6.13. The zero-order chi connectivity index (χ0) is 9.84. The highest BCUT2D eigenvalue weighted by molar-refractivity contribution is 5.98. The van der Waals surface area contributed by atoms with Crippen LogP contribution in [0.1, 0.15) is 5.56 Å². The first-order valence-electron chi connectivity index (χ1n) is 3.86. The van der Waals surface area contributed by atoms with E-state index in [2.05, 4.69) is 11.9 Å². The standard InChI is InChI=1S/C10H11NO2/c1-3-10(13)11-8-5-4-7(2)9(12)6-8/h3-6,12H,1H2,2H3,(H,11,13). The summed E-state index contributed by atoms with van der Waals surface area (Å²) in [5.41, 5.74) is 1.34. The molecule has 3 heteroatoms. The molecule has 0 aliphatic carbocycles. The number of aryl methyl sites for hydroxylation is 1. The van der Waals surface area contributed by atoms with E-state index in [1.807, 2.05) is 0 Å². The lowest BCUT2D eigenvalue weighted by Gasteiger charge is -2.03. The highest BCUT2D eigenvalue weighted by Crippen LogP contribution is 2.20. The maximum atomic E-state index is 10.9. The molecule has 2 N–H and O–H groups in total. The van der Waals surface area contributed by atoms with Crippen LogP contribution in [-0.4, -0.2) is 11.0 Å². The van der Waals surface area contributed by atoms with Crippen LogP contribution in [0.2, 0.25) is 0 Å². The number of hydrogen-bond acceptors (Lipinski definition) is 2. The minimum Gasteiger partial charge on any atom is -0.508 e. The Morgan fingerprint density at radius 1 is 1.62 bits per heavy atom. The van der Waals surface area contributed by atoms with Crippen LogP contribution in [0.3, 0.4) is 0 Å². The van der Waals surface area contributed by atoms with Crippen molar-refractivity contribution in [1.82, 2.24) is 0 Å². The lowest BCUT2D eigenvalue weighted by atomic mass is 10.2. The van der Waals surface area contributed by atoms with Crippen LogP contribution in [0, 0.1) is 6.92 Å². The predicted octanol–water partition coefficient (Wildman–Crippen LogP) is 1.83. The number of phenols is 1. The monoisotopic (exact) mass is 177 g/mol. The van der Waals surface area contributed by atoms with Gasteiger partial charge in [-0.15, -0.1) is 0 Å². The van der Waals surface area contributed by atoms with Gasteiger partial charge in [0.1, 0.15) is 5.75 Å². The van der Waals surface area contributed by atoms with Gasteiger partial charge in [-0.2, -0.15) is 0 Å². The summed E-state index contributed by atoms with van der Waals surface area (Å²) in [5.74, 6) is -0.120. The van der Waals surface area contributed by atoms with Crippen LogP contribution in [0.4, 0.5) is 5.69 Å². The molecule has 0 aromatic heterocycles. The second-order valence-electron chi connectivity index (χ2n) is 2.69. The van der Waals surface area contributed by atoms with E-state index >= 15 is 0 Å². The van der Waals surface area contributed by atoms with Crippen molar-refractivity contribution in [1.29, 1.82) is 0 Å². The number of carbonyl (C=O) groups is 1. The van der Waals surface area contributed by atoms with E-state index in [1.165, 1.54) is 12.1 Å². The van der Waals surface area contributed by atoms with Crippen LogP contribution in [0.25, 0.3) is 0 Å². The number of carbonyl (C=O) groups excluding carboxylic acids is 1.